The first-order chi connectivity index (χ1) is 10.2. The van der Waals surface area contributed by atoms with E-state index in [0.29, 0.717) is 11.3 Å². The van der Waals surface area contributed by atoms with Crippen molar-refractivity contribution in [1.29, 1.82) is 0 Å². The SMILES string of the molecule is CC.[B]c1ccc2ncnc(OC3CCN(C)CC3)c2c1. The maximum absolute atomic E-state index is 6.04. The predicted octanol–water partition coefficient (Wildman–Crippen LogP) is 1.92. The van der Waals surface area contributed by atoms with Crippen molar-refractivity contribution in [3.63, 3.8) is 0 Å². The Bertz CT molecular complexity index is 583. The molecule has 110 valence electrons. The Morgan fingerprint density at radius 2 is 1.90 bits per heavy atom. The van der Waals surface area contributed by atoms with Crippen molar-refractivity contribution >= 4 is 24.2 Å². The first-order valence-electron chi connectivity index (χ1n) is 7.58. The van der Waals surface area contributed by atoms with E-state index in [1.807, 2.05) is 32.0 Å². The number of nitrogens with zero attached hydrogens (tertiary/aromatic N) is 3. The van der Waals surface area contributed by atoms with Crippen molar-refractivity contribution in [3.8, 4) is 5.88 Å². The Labute approximate surface area is 127 Å². The van der Waals surface area contributed by atoms with Crippen molar-refractivity contribution < 1.29 is 4.74 Å². The van der Waals surface area contributed by atoms with Gasteiger partial charge < -0.3 is 9.64 Å². The molecule has 1 aliphatic heterocycles. The molecule has 0 spiro atoms. The van der Waals surface area contributed by atoms with E-state index in [-0.39, 0.29) is 6.10 Å². The number of rotatable bonds is 2. The molecule has 1 aliphatic rings. The maximum Gasteiger partial charge on any atom is 0.224 e. The lowest BCUT2D eigenvalue weighted by Crippen LogP contribution is -2.35. The van der Waals surface area contributed by atoms with E-state index in [2.05, 4.69) is 21.9 Å². The third kappa shape index (κ3) is 3.94. The van der Waals surface area contributed by atoms with E-state index in [1.54, 1.807) is 6.33 Å². The number of fused-ring (bicyclic) bond motifs is 1. The van der Waals surface area contributed by atoms with Crippen LogP contribution in [0.15, 0.2) is 24.5 Å². The molecule has 0 bridgehead atoms. The van der Waals surface area contributed by atoms with Crippen LogP contribution in [0.1, 0.15) is 26.7 Å². The quantitative estimate of drug-likeness (QED) is 0.789. The summed E-state index contributed by atoms with van der Waals surface area (Å²) in [5.41, 5.74) is 1.57. The number of aromatic nitrogens is 2. The fourth-order valence-electron chi connectivity index (χ4n) is 2.41. The molecule has 4 nitrogen and oxygen atoms in total. The Hall–Kier alpha value is -1.62. The van der Waals surface area contributed by atoms with Crippen molar-refractivity contribution in [2.75, 3.05) is 20.1 Å². The highest BCUT2D eigenvalue weighted by Gasteiger charge is 2.19. The molecule has 0 atom stereocenters. The van der Waals surface area contributed by atoms with Crippen LogP contribution < -0.4 is 10.2 Å². The second-order valence-corrected chi connectivity index (χ2v) is 5.08. The van der Waals surface area contributed by atoms with Gasteiger partial charge in [-0.3, -0.25) is 0 Å². The summed E-state index contributed by atoms with van der Waals surface area (Å²) in [4.78, 5) is 10.8. The molecule has 5 heteroatoms. The minimum atomic E-state index is 0.232. The molecule has 1 saturated heterocycles. The van der Waals surface area contributed by atoms with Crippen LogP contribution in [0.25, 0.3) is 10.9 Å². The molecule has 0 aliphatic carbocycles. The molecule has 1 aromatic heterocycles. The molecule has 1 fully saturated rings. The van der Waals surface area contributed by atoms with Gasteiger partial charge in [-0.25, -0.2) is 9.97 Å². The van der Waals surface area contributed by atoms with Gasteiger partial charge in [0.2, 0.25) is 5.88 Å². The van der Waals surface area contributed by atoms with Crippen LogP contribution in [0.2, 0.25) is 0 Å². The van der Waals surface area contributed by atoms with Crippen molar-refractivity contribution in [1.82, 2.24) is 14.9 Å². The summed E-state index contributed by atoms with van der Waals surface area (Å²) in [6, 6.07) is 5.61. The highest BCUT2D eigenvalue weighted by atomic mass is 16.5. The maximum atomic E-state index is 6.04. The van der Waals surface area contributed by atoms with Crippen molar-refractivity contribution in [2.45, 2.75) is 32.8 Å². The van der Waals surface area contributed by atoms with Gasteiger partial charge in [0.05, 0.1) is 10.9 Å². The fourth-order valence-corrected chi connectivity index (χ4v) is 2.41. The minimum Gasteiger partial charge on any atom is -0.474 e. The Balaban J connectivity index is 0.000000774. The lowest BCUT2D eigenvalue weighted by molar-refractivity contribution is 0.111. The summed E-state index contributed by atoms with van der Waals surface area (Å²) in [5, 5.41) is 0.890. The number of hydrogen-bond donors (Lipinski definition) is 0. The van der Waals surface area contributed by atoms with Gasteiger partial charge in [-0.2, -0.15) is 0 Å². The minimum absolute atomic E-state index is 0.232. The van der Waals surface area contributed by atoms with E-state index in [4.69, 9.17) is 12.6 Å². The molecule has 21 heavy (non-hydrogen) atoms. The topological polar surface area (TPSA) is 38.3 Å². The van der Waals surface area contributed by atoms with E-state index in [1.165, 1.54) is 0 Å². The number of likely N-dealkylation sites (tertiary alicyclic amines) is 1. The van der Waals surface area contributed by atoms with Gasteiger partial charge in [0.1, 0.15) is 20.3 Å². The summed E-state index contributed by atoms with van der Waals surface area (Å²) >= 11 is 0. The summed E-state index contributed by atoms with van der Waals surface area (Å²) in [5.74, 6) is 0.645. The second-order valence-electron chi connectivity index (χ2n) is 5.08. The zero-order valence-corrected chi connectivity index (χ0v) is 13.0. The summed E-state index contributed by atoms with van der Waals surface area (Å²) in [6.45, 7) is 6.13. The van der Waals surface area contributed by atoms with Crippen LogP contribution in [0.3, 0.4) is 0 Å². The summed E-state index contributed by atoms with van der Waals surface area (Å²) in [7, 11) is 7.96. The van der Waals surface area contributed by atoms with E-state index in [0.717, 1.165) is 36.8 Å². The Morgan fingerprint density at radius 3 is 2.62 bits per heavy atom. The van der Waals surface area contributed by atoms with Crippen LogP contribution in [0, 0.1) is 0 Å². The number of benzene rings is 1. The van der Waals surface area contributed by atoms with E-state index in [9.17, 15) is 0 Å². The van der Waals surface area contributed by atoms with E-state index < -0.39 is 0 Å². The van der Waals surface area contributed by atoms with Crippen LogP contribution in [-0.2, 0) is 0 Å². The molecule has 3 rings (SSSR count). The third-order valence-electron chi connectivity index (χ3n) is 3.57. The average molecular weight is 283 g/mol. The highest BCUT2D eigenvalue weighted by Crippen LogP contribution is 2.23. The molecule has 2 heterocycles. The van der Waals surface area contributed by atoms with Crippen molar-refractivity contribution in [2.24, 2.45) is 0 Å². The first kappa shape index (κ1) is 15.8. The van der Waals surface area contributed by atoms with Crippen LogP contribution in [-0.4, -0.2) is 49.0 Å². The molecular formula is C16H22BN3O. The van der Waals surface area contributed by atoms with Gasteiger partial charge in [-0.05, 0) is 26.0 Å². The lowest BCUT2D eigenvalue weighted by Gasteiger charge is -2.29. The van der Waals surface area contributed by atoms with Gasteiger partial charge in [-0.1, -0.05) is 31.4 Å². The van der Waals surface area contributed by atoms with Crippen LogP contribution in [0.4, 0.5) is 0 Å². The number of piperidine rings is 1. The highest BCUT2D eigenvalue weighted by molar-refractivity contribution is 6.33. The zero-order valence-electron chi connectivity index (χ0n) is 13.0. The number of ether oxygens (including phenoxy) is 1. The first-order valence-corrected chi connectivity index (χ1v) is 7.58. The molecule has 2 aromatic rings. The molecule has 0 N–H and O–H groups in total. The molecule has 0 unspecified atom stereocenters. The monoisotopic (exact) mass is 283 g/mol. The predicted molar refractivity (Wildman–Crippen MR) is 87.4 cm³/mol. The average Bonchev–Trinajstić information content (AvgIpc) is 2.52. The summed E-state index contributed by atoms with van der Waals surface area (Å²) < 4.78 is 6.04. The standard InChI is InChI=1S/C14H16BN3O.C2H6/c1-18-6-4-11(5-7-18)19-14-12-8-10(15)2-3-13(12)16-9-17-14;1-2/h2-3,8-9,11H,4-7H2,1H3;1-2H3. The third-order valence-corrected chi connectivity index (χ3v) is 3.57. The van der Waals surface area contributed by atoms with Crippen LogP contribution in [0.5, 0.6) is 5.88 Å². The second kappa shape index (κ2) is 7.41. The summed E-state index contributed by atoms with van der Waals surface area (Å²) in [6.07, 6.45) is 3.84. The fraction of sp³-hybridized carbons (Fsp3) is 0.500. The van der Waals surface area contributed by atoms with E-state index >= 15 is 0 Å². The number of hydrogen-bond acceptors (Lipinski definition) is 4. The Kier molecular flexibility index (Phi) is 5.56. The van der Waals surface area contributed by atoms with Crippen molar-refractivity contribution in [3.05, 3.63) is 24.5 Å². The normalized spacial score (nSPS) is 16.3. The smallest absolute Gasteiger partial charge is 0.224 e. The molecular weight excluding hydrogens is 261 g/mol. The molecule has 0 amide bonds. The molecule has 0 saturated carbocycles. The van der Waals surface area contributed by atoms with Gasteiger partial charge >= 0.3 is 0 Å². The molecule has 1 aromatic carbocycles. The van der Waals surface area contributed by atoms with Crippen LogP contribution >= 0.6 is 0 Å². The Morgan fingerprint density at radius 1 is 1.19 bits per heavy atom. The van der Waals surface area contributed by atoms with Gasteiger partial charge in [0.25, 0.3) is 0 Å². The zero-order chi connectivity index (χ0) is 15.2. The van der Waals surface area contributed by atoms with Gasteiger partial charge in [0.15, 0.2) is 0 Å². The van der Waals surface area contributed by atoms with Gasteiger partial charge in [0, 0.05) is 13.1 Å². The largest absolute Gasteiger partial charge is 0.474 e. The molecule has 2 radical (unpaired) electrons. The lowest BCUT2D eigenvalue weighted by atomic mass is 9.95. The van der Waals surface area contributed by atoms with Gasteiger partial charge in [-0.15, -0.1) is 0 Å².